The number of alkyl halides is 3. The van der Waals surface area contributed by atoms with Gasteiger partial charge in [-0.3, -0.25) is 19.3 Å². The van der Waals surface area contributed by atoms with Crippen LogP contribution >= 0.6 is 35.3 Å². The second kappa shape index (κ2) is 13.2. The van der Waals surface area contributed by atoms with Gasteiger partial charge in [-0.25, -0.2) is 4.79 Å². The van der Waals surface area contributed by atoms with Crippen molar-refractivity contribution < 1.29 is 46.9 Å². The molecular weight excluding hydrogens is 627 g/mol. The Kier molecular flexibility index (Phi) is 9.89. The number of nitrogens with one attached hydrogen (secondary N) is 2. The molecule has 1 saturated heterocycles. The van der Waals surface area contributed by atoms with Gasteiger partial charge in [0.15, 0.2) is 0 Å². The molecule has 14 nitrogen and oxygen atoms in total. The lowest BCUT2D eigenvalue weighted by Gasteiger charge is -2.50. The number of phenolic OH excluding ortho intramolecular Hbond substituents is 1. The SMILES string of the molecule is CC(Sc1nn[nH]n1)C1=C(C(=O)OC(OC(=O)CN)c2ccc(O)cc2)N2C(=O)C(NC(=O)CSC(F)(F)F)[C@@H]2SC1. The molecule has 226 valence electrons. The summed E-state index contributed by atoms with van der Waals surface area (Å²) in [5, 5.41) is 24.3. The molecule has 2 aliphatic rings. The van der Waals surface area contributed by atoms with E-state index in [1.54, 1.807) is 6.92 Å². The molecule has 3 unspecified atom stereocenters. The predicted octanol–water partition coefficient (Wildman–Crippen LogP) is 1.04. The van der Waals surface area contributed by atoms with Gasteiger partial charge in [0, 0.05) is 16.6 Å². The van der Waals surface area contributed by atoms with Crippen LogP contribution in [0.2, 0.25) is 0 Å². The average molecular weight is 650 g/mol. The molecule has 5 N–H and O–H groups in total. The molecule has 2 aromatic rings. The number of benzene rings is 1. The van der Waals surface area contributed by atoms with E-state index in [-0.39, 0.29) is 27.9 Å². The zero-order valence-electron chi connectivity index (χ0n) is 21.4. The molecule has 0 spiro atoms. The number of amides is 2. The van der Waals surface area contributed by atoms with E-state index >= 15 is 0 Å². The van der Waals surface area contributed by atoms with Gasteiger partial charge in [0.25, 0.3) is 12.2 Å². The molecular formula is C22H22F3N7O7S3. The third-order valence-electron chi connectivity index (χ3n) is 5.76. The number of rotatable bonds is 11. The maximum Gasteiger partial charge on any atom is 0.442 e. The van der Waals surface area contributed by atoms with E-state index in [0.29, 0.717) is 5.57 Å². The van der Waals surface area contributed by atoms with Crippen LogP contribution < -0.4 is 11.1 Å². The van der Waals surface area contributed by atoms with Crippen molar-refractivity contribution >= 4 is 59.0 Å². The number of tetrazole rings is 1. The Morgan fingerprint density at radius 3 is 2.62 bits per heavy atom. The number of esters is 2. The molecule has 1 aromatic heterocycles. The summed E-state index contributed by atoms with van der Waals surface area (Å²) in [6.45, 7) is 1.18. The third kappa shape index (κ3) is 7.47. The summed E-state index contributed by atoms with van der Waals surface area (Å²) >= 11 is 1.75. The number of carbonyl (C=O) groups excluding carboxylic acids is 4. The van der Waals surface area contributed by atoms with Crippen LogP contribution in [0.15, 0.2) is 40.7 Å². The van der Waals surface area contributed by atoms with Gasteiger partial charge in [-0.1, -0.05) is 11.8 Å². The number of nitrogens with zero attached hydrogens (tertiary/aromatic N) is 4. The number of hydrogen-bond donors (Lipinski definition) is 4. The number of hydrogen-bond acceptors (Lipinski definition) is 14. The lowest BCUT2D eigenvalue weighted by Crippen LogP contribution is -2.71. The Hall–Kier alpha value is -3.49. The maximum atomic E-state index is 13.7. The fraction of sp³-hybridized carbons (Fsp3) is 0.409. The number of ether oxygens (including phenoxy) is 2. The summed E-state index contributed by atoms with van der Waals surface area (Å²) in [6, 6.07) is 4.05. The number of carbonyl (C=O) groups is 4. The van der Waals surface area contributed by atoms with Gasteiger partial charge in [0.05, 0.1) is 12.3 Å². The molecule has 1 fully saturated rings. The van der Waals surface area contributed by atoms with Gasteiger partial charge in [-0.2, -0.15) is 18.4 Å². The first kappa shape index (κ1) is 31.4. The van der Waals surface area contributed by atoms with Crippen LogP contribution in [0, 0.1) is 0 Å². The van der Waals surface area contributed by atoms with Crippen molar-refractivity contribution in [1.82, 2.24) is 30.8 Å². The molecule has 0 radical (unpaired) electrons. The smallest absolute Gasteiger partial charge is 0.442 e. The number of fused-ring (bicyclic) bond motifs is 1. The molecule has 20 heteroatoms. The first-order chi connectivity index (χ1) is 19.9. The summed E-state index contributed by atoms with van der Waals surface area (Å²) in [7, 11) is 0. The van der Waals surface area contributed by atoms with Crippen molar-refractivity contribution in [3.05, 3.63) is 41.1 Å². The van der Waals surface area contributed by atoms with E-state index in [9.17, 15) is 37.5 Å². The van der Waals surface area contributed by atoms with E-state index in [0.717, 1.165) is 16.7 Å². The Morgan fingerprint density at radius 1 is 1.29 bits per heavy atom. The number of thioether (sulfide) groups is 3. The van der Waals surface area contributed by atoms with Crippen molar-refractivity contribution in [3.8, 4) is 5.75 Å². The Morgan fingerprint density at radius 2 is 2.00 bits per heavy atom. The molecule has 0 aliphatic carbocycles. The average Bonchev–Trinajstić information content (AvgIpc) is 3.46. The van der Waals surface area contributed by atoms with Gasteiger partial charge in [0.2, 0.25) is 11.1 Å². The van der Waals surface area contributed by atoms with Crippen molar-refractivity contribution in [2.45, 2.75) is 40.5 Å². The fourth-order valence-corrected chi connectivity index (χ4v) is 6.64. The second-order valence-electron chi connectivity index (χ2n) is 8.54. The third-order valence-corrected chi connectivity index (χ3v) is 8.82. The summed E-state index contributed by atoms with van der Waals surface area (Å²) in [5.41, 5.74) is 1.10. The van der Waals surface area contributed by atoms with E-state index in [4.69, 9.17) is 15.2 Å². The minimum absolute atomic E-state index is 0.105. The van der Waals surface area contributed by atoms with E-state index < -0.39 is 76.3 Å². The van der Waals surface area contributed by atoms with Crippen LogP contribution in [0.3, 0.4) is 0 Å². The Labute approximate surface area is 247 Å². The molecule has 4 atom stereocenters. The van der Waals surface area contributed by atoms with Crippen LogP contribution in [-0.2, 0) is 28.7 Å². The number of phenols is 1. The van der Waals surface area contributed by atoms with E-state index in [2.05, 4.69) is 25.9 Å². The van der Waals surface area contributed by atoms with Crippen molar-refractivity contribution in [2.75, 3.05) is 18.1 Å². The molecule has 0 saturated carbocycles. The van der Waals surface area contributed by atoms with E-state index in [1.807, 2.05) is 0 Å². The first-order valence-corrected chi connectivity index (χ1v) is 14.8. The fourth-order valence-electron chi connectivity index (χ4n) is 3.85. The van der Waals surface area contributed by atoms with Gasteiger partial charge in [-0.05, 0) is 53.7 Å². The number of β-lactam (4-membered cyclic amide) rings is 1. The zero-order chi connectivity index (χ0) is 30.6. The number of H-pyrrole nitrogens is 1. The largest absolute Gasteiger partial charge is 0.508 e. The number of aromatic amines is 1. The van der Waals surface area contributed by atoms with Crippen LogP contribution in [0.25, 0.3) is 0 Å². The van der Waals surface area contributed by atoms with Crippen LogP contribution in [-0.4, -0.2) is 94.6 Å². The molecule has 2 aliphatic heterocycles. The van der Waals surface area contributed by atoms with Gasteiger partial charge >= 0.3 is 17.4 Å². The molecule has 3 heterocycles. The molecule has 1 aromatic carbocycles. The molecule has 2 amide bonds. The van der Waals surface area contributed by atoms with Crippen molar-refractivity contribution in [1.29, 1.82) is 0 Å². The van der Waals surface area contributed by atoms with Crippen molar-refractivity contribution in [3.63, 3.8) is 0 Å². The highest BCUT2D eigenvalue weighted by atomic mass is 32.2. The summed E-state index contributed by atoms with van der Waals surface area (Å²) in [4.78, 5) is 52.1. The highest BCUT2D eigenvalue weighted by molar-refractivity contribution is 8.01. The zero-order valence-corrected chi connectivity index (χ0v) is 23.8. The standard InChI is InChI=1S/C22H22F3N7O7S3/c1-9(42-21-28-30-31-29-21)12-7-40-18-15(27-13(34)8-41-22(23,24)25)17(36)32(18)16(12)19(37)39-20(38-14(35)6-26)10-2-4-11(33)5-3-10/h2-5,9,15,18,20,33H,6-8,26H2,1H3,(H,27,34)(H,28,29,30,31)/t9?,15?,18-,20?/m0/s1. The normalized spacial score (nSPS) is 19.8. The predicted molar refractivity (Wildman–Crippen MR) is 142 cm³/mol. The van der Waals surface area contributed by atoms with Gasteiger partial charge in [0.1, 0.15) is 22.9 Å². The quantitative estimate of drug-likeness (QED) is 0.116. The highest BCUT2D eigenvalue weighted by Crippen LogP contribution is 2.44. The van der Waals surface area contributed by atoms with Crippen molar-refractivity contribution in [2.24, 2.45) is 5.73 Å². The topological polar surface area (TPSA) is 203 Å². The molecule has 0 bridgehead atoms. The van der Waals surface area contributed by atoms with Crippen LogP contribution in [0.5, 0.6) is 5.75 Å². The monoisotopic (exact) mass is 649 g/mol. The number of nitrogens with two attached hydrogens (primary N) is 1. The minimum Gasteiger partial charge on any atom is -0.508 e. The minimum atomic E-state index is -4.63. The van der Waals surface area contributed by atoms with E-state index in [1.165, 1.54) is 36.0 Å². The van der Waals surface area contributed by atoms with Gasteiger partial charge < -0.3 is 25.6 Å². The highest BCUT2D eigenvalue weighted by Gasteiger charge is 2.55. The summed E-state index contributed by atoms with van der Waals surface area (Å²) < 4.78 is 48.3. The molecule has 42 heavy (non-hydrogen) atoms. The lowest BCUT2D eigenvalue weighted by atomic mass is 10.0. The van der Waals surface area contributed by atoms with Gasteiger partial charge in [-0.15, -0.1) is 22.0 Å². The summed E-state index contributed by atoms with van der Waals surface area (Å²) in [6.07, 6.45) is -1.61. The Bertz CT molecular complexity index is 1360. The number of halogens is 3. The molecule has 4 rings (SSSR count). The second-order valence-corrected chi connectivity index (χ2v) is 12.0. The maximum absolute atomic E-state index is 13.7. The first-order valence-electron chi connectivity index (χ1n) is 11.8. The van der Waals surface area contributed by atoms with Crippen LogP contribution in [0.1, 0.15) is 18.8 Å². The number of aromatic hydroxyl groups is 1. The lowest BCUT2D eigenvalue weighted by molar-refractivity contribution is -0.188. The number of aromatic nitrogens is 4. The summed E-state index contributed by atoms with van der Waals surface area (Å²) in [5.74, 6) is -4.62. The van der Waals surface area contributed by atoms with Crippen LogP contribution in [0.4, 0.5) is 13.2 Å². The Balaban J connectivity index is 1.61.